The van der Waals surface area contributed by atoms with E-state index >= 15 is 0 Å². The van der Waals surface area contributed by atoms with Gasteiger partial charge in [0.25, 0.3) is 0 Å². The van der Waals surface area contributed by atoms with Gasteiger partial charge in [-0.2, -0.15) is 5.26 Å². The average molecular weight is 210 g/mol. The van der Waals surface area contributed by atoms with Gasteiger partial charge < -0.3 is 5.11 Å². The maximum absolute atomic E-state index is 10.5. The highest BCUT2D eigenvalue weighted by Gasteiger charge is 2.08. The molecule has 1 N–H and O–H groups in total. The van der Waals surface area contributed by atoms with Crippen molar-refractivity contribution in [3.05, 3.63) is 33.8 Å². The van der Waals surface area contributed by atoms with Crippen LogP contribution < -0.4 is 0 Å². The molecule has 1 aromatic carbocycles. The van der Waals surface area contributed by atoms with Crippen molar-refractivity contribution in [3.63, 3.8) is 0 Å². The predicted molar refractivity (Wildman–Crippen MR) is 52.2 cm³/mol. The number of aliphatic carboxylic acids is 1. The van der Waals surface area contributed by atoms with Crippen molar-refractivity contribution in [2.75, 3.05) is 0 Å². The number of halogens is 1. The summed E-state index contributed by atoms with van der Waals surface area (Å²) in [5.41, 5.74) is 1.69. The Morgan fingerprint density at radius 3 is 2.79 bits per heavy atom. The van der Waals surface area contributed by atoms with Gasteiger partial charge >= 0.3 is 5.97 Å². The molecule has 72 valence electrons. The maximum Gasteiger partial charge on any atom is 0.307 e. The molecule has 0 saturated carbocycles. The molecule has 0 heterocycles. The minimum absolute atomic E-state index is 0.110. The molecule has 3 nitrogen and oxygen atoms in total. The molecule has 0 unspecified atom stereocenters. The lowest BCUT2D eigenvalue weighted by atomic mass is 10.0. The number of nitriles is 1. The average Bonchev–Trinajstić information content (AvgIpc) is 2.11. The van der Waals surface area contributed by atoms with Gasteiger partial charge in [0.15, 0.2) is 0 Å². The van der Waals surface area contributed by atoms with Crippen molar-refractivity contribution in [3.8, 4) is 6.07 Å². The van der Waals surface area contributed by atoms with Gasteiger partial charge in [-0.25, -0.2) is 0 Å². The van der Waals surface area contributed by atoms with Gasteiger partial charge in [0.2, 0.25) is 0 Å². The summed E-state index contributed by atoms with van der Waals surface area (Å²) in [6.07, 6.45) is -0.110. The first-order valence-corrected chi connectivity index (χ1v) is 4.33. The Morgan fingerprint density at radius 2 is 2.29 bits per heavy atom. The Labute approximate surface area is 86.5 Å². The lowest BCUT2D eigenvalue weighted by molar-refractivity contribution is -0.136. The third kappa shape index (κ3) is 2.24. The number of carboxylic acids is 1. The largest absolute Gasteiger partial charge is 0.481 e. The number of nitrogens with zero attached hydrogens (tertiary/aromatic N) is 1. The Bertz CT molecular complexity index is 421. The summed E-state index contributed by atoms with van der Waals surface area (Å²) in [7, 11) is 0. The highest BCUT2D eigenvalue weighted by atomic mass is 35.5. The topological polar surface area (TPSA) is 61.1 Å². The van der Waals surface area contributed by atoms with Crippen LogP contribution >= 0.6 is 11.6 Å². The van der Waals surface area contributed by atoms with Gasteiger partial charge in [-0.3, -0.25) is 4.79 Å². The Balaban J connectivity index is 3.21. The fraction of sp³-hybridized carbons (Fsp3) is 0.200. The Hall–Kier alpha value is -1.53. The SMILES string of the molecule is Cc1c(Cl)cc(C#N)cc1CC(=O)O. The molecule has 0 aliphatic carbocycles. The first kappa shape index (κ1) is 10.6. The number of carboxylic acid groups (broad SMARTS) is 1. The van der Waals surface area contributed by atoms with E-state index in [1.165, 1.54) is 6.07 Å². The van der Waals surface area contributed by atoms with Crippen molar-refractivity contribution < 1.29 is 9.90 Å². The molecule has 0 spiro atoms. The summed E-state index contributed by atoms with van der Waals surface area (Å²) in [6, 6.07) is 5.01. The van der Waals surface area contributed by atoms with E-state index in [1.54, 1.807) is 13.0 Å². The summed E-state index contributed by atoms with van der Waals surface area (Å²) >= 11 is 5.84. The number of benzene rings is 1. The minimum Gasteiger partial charge on any atom is -0.481 e. The number of hydrogen-bond donors (Lipinski definition) is 1. The smallest absolute Gasteiger partial charge is 0.307 e. The van der Waals surface area contributed by atoms with Crippen LogP contribution in [-0.4, -0.2) is 11.1 Å². The molecule has 0 aliphatic rings. The molecule has 1 rings (SSSR count). The molecule has 0 amide bonds. The normalized spacial score (nSPS) is 9.50. The molecule has 0 bridgehead atoms. The van der Waals surface area contributed by atoms with E-state index in [0.717, 1.165) is 0 Å². The summed E-state index contributed by atoms with van der Waals surface area (Å²) in [4.78, 5) is 10.5. The predicted octanol–water partition coefficient (Wildman–Crippen LogP) is 2.15. The Morgan fingerprint density at radius 1 is 1.64 bits per heavy atom. The van der Waals surface area contributed by atoms with E-state index in [1.807, 2.05) is 6.07 Å². The van der Waals surface area contributed by atoms with Crippen molar-refractivity contribution in [2.45, 2.75) is 13.3 Å². The van der Waals surface area contributed by atoms with E-state index < -0.39 is 5.97 Å². The van der Waals surface area contributed by atoms with E-state index in [2.05, 4.69) is 0 Å². The van der Waals surface area contributed by atoms with Crippen LogP contribution in [0.5, 0.6) is 0 Å². The number of hydrogen-bond acceptors (Lipinski definition) is 2. The number of rotatable bonds is 2. The molecule has 0 radical (unpaired) electrons. The highest BCUT2D eigenvalue weighted by molar-refractivity contribution is 6.31. The van der Waals surface area contributed by atoms with Crippen LogP contribution in [0, 0.1) is 18.3 Å². The molecule has 0 aliphatic heterocycles. The molecule has 14 heavy (non-hydrogen) atoms. The third-order valence-corrected chi connectivity index (χ3v) is 2.32. The zero-order valence-electron chi connectivity index (χ0n) is 7.54. The van der Waals surface area contributed by atoms with Crippen LogP contribution in [0.25, 0.3) is 0 Å². The maximum atomic E-state index is 10.5. The summed E-state index contributed by atoms with van der Waals surface area (Å²) in [5.74, 6) is -0.931. The van der Waals surface area contributed by atoms with Crippen LogP contribution in [0.4, 0.5) is 0 Å². The first-order chi connectivity index (χ1) is 6.54. The molecule has 0 fully saturated rings. The second-order valence-corrected chi connectivity index (χ2v) is 3.33. The summed E-state index contributed by atoms with van der Waals surface area (Å²) < 4.78 is 0. The summed E-state index contributed by atoms with van der Waals surface area (Å²) in [5, 5.41) is 17.7. The van der Waals surface area contributed by atoms with Crippen LogP contribution in [0.2, 0.25) is 5.02 Å². The molecule has 1 aromatic rings. The van der Waals surface area contributed by atoms with Crippen molar-refractivity contribution in [1.82, 2.24) is 0 Å². The third-order valence-electron chi connectivity index (χ3n) is 1.92. The zero-order chi connectivity index (χ0) is 10.7. The van der Waals surface area contributed by atoms with E-state index in [-0.39, 0.29) is 6.42 Å². The molecular formula is C10H8ClNO2. The van der Waals surface area contributed by atoms with Gasteiger partial charge in [0.05, 0.1) is 18.1 Å². The van der Waals surface area contributed by atoms with Crippen LogP contribution in [0.3, 0.4) is 0 Å². The van der Waals surface area contributed by atoms with Crippen LogP contribution in [0.15, 0.2) is 12.1 Å². The lowest BCUT2D eigenvalue weighted by Crippen LogP contribution is -2.02. The highest BCUT2D eigenvalue weighted by Crippen LogP contribution is 2.21. The fourth-order valence-electron chi connectivity index (χ4n) is 1.15. The second kappa shape index (κ2) is 4.12. The van der Waals surface area contributed by atoms with Crippen molar-refractivity contribution in [2.24, 2.45) is 0 Å². The standard InChI is InChI=1S/C10H8ClNO2/c1-6-8(4-10(13)14)2-7(5-12)3-9(6)11/h2-3H,4H2,1H3,(H,13,14). The van der Waals surface area contributed by atoms with Crippen LogP contribution in [0.1, 0.15) is 16.7 Å². The van der Waals surface area contributed by atoms with Gasteiger partial charge in [0, 0.05) is 5.02 Å². The molecule has 0 saturated heterocycles. The summed E-state index contributed by atoms with van der Waals surface area (Å²) in [6.45, 7) is 1.74. The van der Waals surface area contributed by atoms with Gasteiger partial charge in [-0.1, -0.05) is 11.6 Å². The molecule has 0 aromatic heterocycles. The number of carbonyl (C=O) groups is 1. The Kier molecular flexibility index (Phi) is 3.10. The lowest BCUT2D eigenvalue weighted by Gasteiger charge is -2.05. The van der Waals surface area contributed by atoms with E-state index in [4.69, 9.17) is 22.0 Å². The van der Waals surface area contributed by atoms with Crippen LogP contribution in [-0.2, 0) is 11.2 Å². The van der Waals surface area contributed by atoms with Crippen molar-refractivity contribution >= 4 is 17.6 Å². The van der Waals surface area contributed by atoms with Gasteiger partial charge in [0.1, 0.15) is 0 Å². The van der Waals surface area contributed by atoms with E-state index in [0.29, 0.717) is 21.7 Å². The zero-order valence-corrected chi connectivity index (χ0v) is 8.30. The van der Waals surface area contributed by atoms with Crippen molar-refractivity contribution in [1.29, 1.82) is 5.26 Å². The molecule has 0 atom stereocenters. The molecular weight excluding hydrogens is 202 g/mol. The van der Waals surface area contributed by atoms with Gasteiger partial charge in [-0.05, 0) is 30.2 Å². The second-order valence-electron chi connectivity index (χ2n) is 2.92. The van der Waals surface area contributed by atoms with E-state index in [9.17, 15) is 4.79 Å². The first-order valence-electron chi connectivity index (χ1n) is 3.95. The fourth-order valence-corrected chi connectivity index (χ4v) is 1.39. The minimum atomic E-state index is -0.931. The van der Waals surface area contributed by atoms with Gasteiger partial charge in [-0.15, -0.1) is 0 Å². The monoisotopic (exact) mass is 209 g/mol. The quantitative estimate of drug-likeness (QED) is 0.812. The molecule has 4 heteroatoms.